The van der Waals surface area contributed by atoms with Crippen molar-refractivity contribution in [1.29, 1.82) is 0 Å². The molecule has 1 atom stereocenters. The molecule has 0 bridgehead atoms. The molecule has 18 heavy (non-hydrogen) atoms. The van der Waals surface area contributed by atoms with Crippen molar-refractivity contribution in [1.82, 2.24) is 4.98 Å². The Morgan fingerprint density at radius 1 is 1.22 bits per heavy atom. The van der Waals surface area contributed by atoms with E-state index in [1.165, 1.54) is 12.1 Å². The molecule has 1 aromatic heterocycles. The van der Waals surface area contributed by atoms with Gasteiger partial charge in [0.2, 0.25) is 0 Å². The third kappa shape index (κ3) is 3.28. The molecular weight excluding hydrogens is 231 g/mol. The van der Waals surface area contributed by atoms with Crippen LogP contribution >= 0.6 is 0 Å². The first kappa shape index (κ1) is 12.5. The lowest BCUT2D eigenvalue weighted by atomic mass is 10.0. The third-order valence-corrected chi connectivity index (χ3v) is 2.71. The molecule has 0 saturated heterocycles. The van der Waals surface area contributed by atoms with Gasteiger partial charge in [-0.25, -0.2) is 4.39 Å². The topological polar surface area (TPSA) is 48.1 Å². The first-order valence-electron chi connectivity index (χ1n) is 5.78. The first-order chi connectivity index (χ1) is 8.79. The van der Waals surface area contributed by atoms with Gasteiger partial charge < -0.3 is 10.5 Å². The van der Waals surface area contributed by atoms with E-state index >= 15 is 0 Å². The van der Waals surface area contributed by atoms with Gasteiger partial charge >= 0.3 is 0 Å². The lowest BCUT2D eigenvalue weighted by Gasteiger charge is -2.16. The summed E-state index contributed by atoms with van der Waals surface area (Å²) in [6.07, 6.45) is 3.34. The van der Waals surface area contributed by atoms with Gasteiger partial charge in [0, 0.05) is 18.7 Å². The van der Waals surface area contributed by atoms with Crippen LogP contribution in [-0.4, -0.2) is 18.1 Å². The SMILES string of the molecule is NCC(COc1cccnc1)c1ccc(F)cc1. The fourth-order valence-electron chi connectivity index (χ4n) is 1.66. The van der Waals surface area contributed by atoms with Crippen molar-refractivity contribution < 1.29 is 9.13 Å². The fourth-order valence-corrected chi connectivity index (χ4v) is 1.66. The predicted molar refractivity (Wildman–Crippen MR) is 67.9 cm³/mol. The van der Waals surface area contributed by atoms with Gasteiger partial charge in [-0.05, 0) is 29.8 Å². The maximum absolute atomic E-state index is 12.8. The number of benzene rings is 1. The Labute approximate surface area is 105 Å². The van der Waals surface area contributed by atoms with Crippen LogP contribution in [0.25, 0.3) is 0 Å². The Morgan fingerprint density at radius 3 is 2.61 bits per heavy atom. The average Bonchev–Trinajstić information content (AvgIpc) is 2.42. The highest BCUT2D eigenvalue weighted by Crippen LogP contribution is 2.17. The molecule has 0 aliphatic rings. The number of ether oxygens (including phenoxy) is 1. The molecule has 0 spiro atoms. The van der Waals surface area contributed by atoms with Crippen molar-refractivity contribution >= 4 is 0 Å². The zero-order valence-electron chi connectivity index (χ0n) is 9.92. The second kappa shape index (κ2) is 6.12. The number of rotatable bonds is 5. The number of hydrogen-bond donors (Lipinski definition) is 1. The van der Waals surface area contributed by atoms with Crippen LogP contribution in [-0.2, 0) is 0 Å². The number of hydrogen-bond acceptors (Lipinski definition) is 3. The van der Waals surface area contributed by atoms with Gasteiger partial charge in [-0.15, -0.1) is 0 Å². The van der Waals surface area contributed by atoms with Crippen molar-refractivity contribution in [3.63, 3.8) is 0 Å². The number of nitrogens with zero attached hydrogens (tertiary/aromatic N) is 1. The molecular formula is C14H15FN2O. The van der Waals surface area contributed by atoms with Crippen LogP contribution in [0, 0.1) is 5.82 Å². The Morgan fingerprint density at radius 2 is 2.00 bits per heavy atom. The molecule has 0 amide bonds. The fraction of sp³-hybridized carbons (Fsp3) is 0.214. The van der Waals surface area contributed by atoms with Gasteiger partial charge in [-0.1, -0.05) is 12.1 Å². The van der Waals surface area contributed by atoms with Gasteiger partial charge in [0.25, 0.3) is 0 Å². The molecule has 2 N–H and O–H groups in total. The van der Waals surface area contributed by atoms with Gasteiger partial charge in [-0.3, -0.25) is 4.98 Å². The van der Waals surface area contributed by atoms with Crippen LogP contribution in [0.2, 0.25) is 0 Å². The van der Waals surface area contributed by atoms with Crippen LogP contribution in [0.15, 0.2) is 48.8 Å². The predicted octanol–water partition coefficient (Wildman–Crippen LogP) is 2.34. The van der Waals surface area contributed by atoms with E-state index in [1.807, 2.05) is 12.1 Å². The van der Waals surface area contributed by atoms with Crippen LogP contribution < -0.4 is 10.5 Å². The smallest absolute Gasteiger partial charge is 0.137 e. The number of nitrogens with two attached hydrogens (primary N) is 1. The van der Waals surface area contributed by atoms with E-state index < -0.39 is 0 Å². The normalized spacial score (nSPS) is 12.1. The van der Waals surface area contributed by atoms with Crippen LogP contribution in [0.3, 0.4) is 0 Å². The molecule has 0 radical (unpaired) electrons. The minimum atomic E-state index is -0.248. The number of halogens is 1. The zero-order valence-corrected chi connectivity index (χ0v) is 9.92. The molecule has 4 heteroatoms. The first-order valence-corrected chi connectivity index (χ1v) is 5.78. The molecule has 1 heterocycles. The summed E-state index contributed by atoms with van der Waals surface area (Å²) in [6, 6.07) is 9.99. The van der Waals surface area contributed by atoms with E-state index in [4.69, 9.17) is 10.5 Å². The average molecular weight is 246 g/mol. The van der Waals surface area contributed by atoms with Gasteiger partial charge in [0.15, 0.2) is 0 Å². The molecule has 94 valence electrons. The van der Waals surface area contributed by atoms with Crippen molar-refractivity contribution in [3.8, 4) is 5.75 Å². The lowest BCUT2D eigenvalue weighted by molar-refractivity contribution is 0.289. The van der Waals surface area contributed by atoms with Gasteiger partial charge in [-0.2, -0.15) is 0 Å². The van der Waals surface area contributed by atoms with Crippen LogP contribution in [0.5, 0.6) is 5.75 Å². The van der Waals surface area contributed by atoms with E-state index in [0.717, 1.165) is 5.56 Å². The largest absolute Gasteiger partial charge is 0.491 e. The van der Waals surface area contributed by atoms with Crippen molar-refractivity contribution in [3.05, 3.63) is 60.2 Å². The molecule has 0 aliphatic heterocycles. The van der Waals surface area contributed by atoms with E-state index in [9.17, 15) is 4.39 Å². The Bertz CT molecular complexity index is 473. The Hall–Kier alpha value is -1.94. The van der Waals surface area contributed by atoms with Gasteiger partial charge in [0.05, 0.1) is 12.8 Å². The van der Waals surface area contributed by atoms with E-state index in [2.05, 4.69) is 4.98 Å². The summed E-state index contributed by atoms with van der Waals surface area (Å²) in [5, 5.41) is 0. The van der Waals surface area contributed by atoms with Crippen molar-refractivity contribution in [2.24, 2.45) is 5.73 Å². The highest BCUT2D eigenvalue weighted by molar-refractivity contribution is 5.22. The highest BCUT2D eigenvalue weighted by atomic mass is 19.1. The summed E-state index contributed by atoms with van der Waals surface area (Å²) < 4.78 is 18.4. The lowest BCUT2D eigenvalue weighted by Crippen LogP contribution is -2.19. The van der Waals surface area contributed by atoms with Crippen molar-refractivity contribution in [2.45, 2.75) is 5.92 Å². The standard InChI is InChI=1S/C14H15FN2O/c15-13-5-3-11(4-6-13)12(8-16)10-18-14-2-1-7-17-9-14/h1-7,9,12H,8,10,16H2. The molecule has 1 aromatic carbocycles. The molecule has 3 nitrogen and oxygen atoms in total. The van der Waals surface area contributed by atoms with E-state index in [-0.39, 0.29) is 11.7 Å². The molecule has 0 saturated carbocycles. The second-order valence-corrected chi connectivity index (χ2v) is 3.98. The summed E-state index contributed by atoms with van der Waals surface area (Å²) in [7, 11) is 0. The van der Waals surface area contributed by atoms with Crippen LogP contribution in [0.1, 0.15) is 11.5 Å². The summed E-state index contributed by atoms with van der Waals surface area (Å²) >= 11 is 0. The quantitative estimate of drug-likeness (QED) is 0.880. The minimum Gasteiger partial charge on any atom is -0.491 e. The van der Waals surface area contributed by atoms with E-state index in [1.54, 1.807) is 24.5 Å². The molecule has 0 aliphatic carbocycles. The minimum absolute atomic E-state index is 0.0470. The Balaban J connectivity index is 1.99. The monoisotopic (exact) mass is 246 g/mol. The molecule has 2 aromatic rings. The molecule has 0 fully saturated rings. The summed E-state index contributed by atoms with van der Waals surface area (Å²) in [5.41, 5.74) is 6.69. The second-order valence-electron chi connectivity index (χ2n) is 3.98. The van der Waals surface area contributed by atoms with E-state index in [0.29, 0.717) is 18.9 Å². The maximum atomic E-state index is 12.8. The number of pyridine rings is 1. The van der Waals surface area contributed by atoms with Gasteiger partial charge in [0.1, 0.15) is 11.6 Å². The third-order valence-electron chi connectivity index (χ3n) is 2.71. The summed E-state index contributed by atoms with van der Waals surface area (Å²) in [4.78, 5) is 3.97. The highest BCUT2D eigenvalue weighted by Gasteiger charge is 2.10. The summed E-state index contributed by atoms with van der Waals surface area (Å²) in [5.74, 6) is 0.506. The molecule has 1 unspecified atom stereocenters. The number of aromatic nitrogens is 1. The maximum Gasteiger partial charge on any atom is 0.137 e. The Kier molecular flexibility index (Phi) is 4.25. The van der Waals surface area contributed by atoms with Crippen molar-refractivity contribution in [2.75, 3.05) is 13.2 Å². The summed E-state index contributed by atoms with van der Waals surface area (Å²) in [6.45, 7) is 0.903. The molecule has 2 rings (SSSR count). The zero-order chi connectivity index (χ0) is 12.8. The van der Waals surface area contributed by atoms with Crippen LogP contribution in [0.4, 0.5) is 4.39 Å².